The first-order valence-electron chi connectivity index (χ1n) is 10.5. The van der Waals surface area contributed by atoms with Gasteiger partial charge in [-0.25, -0.2) is 9.37 Å². The summed E-state index contributed by atoms with van der Waals surface area (Å²) in [5.41, 5.74) is 1.42. The molecule has 13 nitrogen and oxygen atoms in total. The molecule has 0 saturated carbocycles. The van der Waals surface area contributed by atoms with Crippen LogP contribution < -0.4 is 4.90 Å². The first kappa shape index (κ1) is 27.1. The van der Waals surface area contributed by atoms with E-state index >= 15 is 4.39 Å². The van der Waals surface area contributed by atoms with Crippen molar-refractivity contribution in [2.75, 3.05) is 24.5 Å². The second kappa shape index (κ2) is 10.4. The van der Waals surface area contributed by atoms with Crippen LogP contribution in [-0.2, 0) is 24.9 Å². The zero-order valence-corrected chi connectivity index (χ0v) is 21.2. The quantitative estimate of drug-likeness (QED) is 0.219. The van der Waals surface area contributed by atoms with E-state index in [1.54, 1.807) is 11.9 Å². The second-order valence-electron chi connectivity index (χ2n) is 8.22. The zero-order valence-electron chi connectivity index (χ0n) is 18.7. The average Bonchev–Trinajstić information content (AvgIpc) is 3.31. The number of hydrogen-bond donors (Lipinski definition) is 4. The van der Waals surface area contributed by atoms with Crippen LogP contribution in [-0.4, -0.2) is 77.2 Å². The predicted octanol–water partition coefficient (Wildman–Crippen LogP) is 2.05. The fourth-order valence-electron chi connectivity index (χ4n) is 3.79. The fourth-order valence-corrected chi connectivity index (χ4v) is 6.52. The third-order valence-corrected chi connectivity index (χ3v) is 9.00. The Morgan fingerprint density at radius 1 is 1.22 bits per heavy atom. The average molecular weight is 566 g/mol. The topological polar surface area (TPSA) is 180 Å². The predicted molar refractivity (Wildman–Crippen MR) is 126 cm³/mol. The minimum Gasteiger partial charge on any atom is -0.387 e. The van der Waals surface area contributed by atoms with Crippen LogP contribution in [0.15, 0.2) is 36.7 Å². The molecule has 36 heavy (non-hydrogen) atoms. The Morgan fingerprint density at radius 2 is 1.92 bits per heavy atom. The lowest BCUT2D eigenvalue weighted by Gasteiger charge is -2.19. The summed E-state index contributed by atoms with van der Waals surface area (Å²) in [4.78, 5) is 41.9. The first-order valence-corrected chi connectivity index (χ1v) is 14.4. The third-order valence-electron chi connectivity index (χ3n) is 5.37. The molecular formula is C19H23ClFN5O8P2. The van der Waals surface area contributed by atoms with Gasteiger partial charge in [0.2, 0.25) is 5.28 Å². The number of halogens is 2. The molecule has 0 spiro atoms. The highest BCUT2D eigenvalue weighted by molar-refractivity contribution is 7.70. The highest BCUT2D eigenvalue weighted by Crippen LogP contribution is 2.55. The van der Waals surface area contributed by atoms with E-state index in [4.69, 9.17) is 26.1 Å². The number of nitrogens with zero attached hydrogens (tertiary/aromatic N) is 5. The van der Waals surface area contributed by atoms with Crippen LogP contribution in [0.25, 0.3) is 11.2 Å². The number of hydrogen-bond acceptors (Lipinski definition) is 9. The van der Waals surface area contributed by atoms with E-state index in [1.165, 1.54) is 10.9 Å². The highest BCUT2D eigenvalue weighted by atomic mass is 35.5. The summed E-state index contributed by atoms with van der Waals surface area (Å²) in [6.07, 6.45) is -5.42. The van der Waals surface area contributed by atoms with Gasteiger partial charge >= 0.3 is 15.2 Å². The minimum absolute atomic E-state index is 0.126. The Labute approximate surface area is 209 Å². The molecule has 1 aromatic carbocycles. The van der Waals surface area contributed by atoms with Crippen LogP contribution in [0.5, 0.6) is 0 Å². The molecule has 0 bridgehead atoms. The van der Waals surface area contributed by atoms with Gasteiger partial charge in [-0.05, 0) is 17.2 Å². The number of aliphatic hydroxyl groups is 1. The number of alkyl halides is 1. The highest BCUT2D eigenvalue weighted by Gasteiger charge is 2.47. The number of imidazole rings is 1. The summed E-state index contributed by atoms with van der Waals surface area (Å²) in [6, 6.07) is 9.55. The number of fused-ring (bicyclic) bond motifs is 1. The van der Waals surface area contributed by atoms with Crippen molar-refractivity contribution in [1.29, 1.82) is 0 Å². The van der Waals surface area contributed by atoms with Gasteiger partial charge in [0.15, 0.2) is 35.3 Å². The summed E-state index contributed by atoms with van der Waals surface area (Å²) < 4.78 is 49.3. The van der Waals surface area contributed by atoms with Crippen LogP contribution >= 0.6 is 26.8 Å². The molecule has 0 radical (unpaired) electrons. The van der Waals surface area contributed by atoms with Crippen molar-refractivity contribution in [3.63, 3.8) is 0 Å². The third kappa shape index (κ3) is 6.10. The standard InChI is InChI=1S/C19H23ClFN5O8P2/c1-25(7-11-5-3-2-4-6-11)16-14-17(24-19(20)23-16)26(9-22-14)18-13(21)15(27)12(34-18)8-33-36(31,32)10-35(28,29)30/h2-6,9,12-13,15,18,27H,7-8,10H2,1H3,(H,31,32)(H2,28,29,30)/t12-,13+,15-,18-/m1/s1. The molecule has 4 N–H and O–H groups in total. The van der Waals surface area contributed by atoms with E-state index in [1.807, 2.05) is 30.3 Å². The Balaban J connectivity index is 1.56. The Kier molecular flexibility index (Phi) is 7.82. The van der Waals surface area contributed by atoms with Crippen molar-refractivity contribution in [2.45, 2.75) is 31.2 Å². The van der Waals surface area contributed by atoms with Crippen molar-refractivity contribution < 1.29 is 42.6 Å². The molecule has 1 fully saturated rings. The van der Waals surface area contributed by atoms with Gasteiger partial charge in [0.1, 0.15) is 12.2 Å². The number of ether oxygens (including phenoxy) is 1. The molecule has 17 heteroatoms. The van der Waals surface area contributed by atoms with E-state index in [0.29, 0.717) is 17.9 Å². The molecular weight excluding hydrogens is 543 g/mol. The molecule has 196 valence electrons. The molecule has 1 aliphatic heterocycles. The number of aliphatic hydroxyl groups excluding tert-OH is 1. The van der Waals surface area contributed by atoms with Gasteiger partial charge in [0, 0.05) is 13.6 Å². The maximum Gasteiger partial charge on any atom is 0.340 e. The molecule has 0 aliphatic carbocycles. The summed E-state index contributed by atoms with van der Waals surface area (Å²) in [6.45, 7) is -0.324. The first-order chi connectivity index (χ1) is 16.8. The Morgan fingerprint density at radius 3 is 2.58 bits per heavy atom. The van der Waals surface area contributed by atoms with Gasteiger partial charge < -0.3 is 33.9 Å². The summed E-state index contributed by atoms with van der Waals surface area (Å²) in [7, 11) is -7.80. The van der Waals surface area contributed by atoms with Crippen LogP contribution in [0.4, 0.5) is 10.2 Å². The normalized spacial score (nSPS) is 24.2. The lowest BCUT2D eigenvalue weighted by atomic mass is 10.1. The lowest BCUT2D eigenvalue weighted by Crippen LogP contribution is -2.31. The number of rotatable bonds is 9. The molecule has 4 rings (SSSR count). The molecule has 3 aromatic rings. The maximum absolute atomic E-state index is 15.0. The molecule has 5 atom stereocenters. The number of anilines is 1. The van der Waals surface area contributed by atoms with E-state index in [-0.39, 0.29) is 10.9 Å². The molecule has 1 unspecified atom stereocenters. The monoisotopic (exact) mass is 565 g/mol. The van der Waals surface area contributed by atoms with Crippen molar-refractivity contribution in [3.8, 4) is 0 Å². The van der Waals surface area contributed by atoms with Crippen molar-refractivity contribution >= 4 is 43.8 Å². The van der Waals surface area contributed by atoms with Gasteiger partial charge in [0.25, 0.3) is 0 Å². The van der Waals surface area contributed by atoms with Crippen LogP contribution in [0.1, 0.15) is 11.8 Å². The van der Waals surface area contributed by atoms with Crippen LogP contribution in [0.3, 0.4) is 0 Å². The summed E-state index contributed by atoms with van der Waals surface area (Å²) >= 11 is 6.14. The molecule has 0 amide bonds. The van der Waals surface area contributed by atoms with Crippen molar-refractivity contribution in [3.05, 3.63) is 47.5 Å². The van der Waals surface area contributed by atoms with E-state index in [9.17, 15) is 19.1 Å². The van der Waals surface area contributed by atoms with E-state index in [0.717, 1.165) is 5.56 Å². The van der Waals surface area contributed by atoms with Crippen molar-refractivity contribution in [1.82, 2.24) is 19.5 Å². The summed E-state index contributed by atoms with van der Waals surface area (Å²) in [5, 5.41) is 10.2. The Hall–Kier alpha value is -1.99. The molecule has 3 heterocycles. The Bertz CT molecular complexity index is 1330. The van der Waals surface area contributed by atoms with Gasteiger partial charge in [0.05, 0.1) is 12.9 Å². The maximum atomic E-state index is 15.0. The smallest absolute Gasteiger partial charge is 0.340 e. The van der Waals surface area contributed by atoms with E-state index < -0.39 is 52.3 Å². The second-order valence-corrected chi connectivity index (χ2v) is 12.6. The van der Waals surface area contributed by atoms with Crippen molar-refractivity contribution in [2.24, 2.45) is 0 Å². The molecule has 1 saturated heterocycles. The van der Waals surface area contributed by atoms with Gasteiger partial charge in [-0.15, -0.1) is 0 Å². The summed E-state index contributed by atoms with van der Waals surface area (Å²) in [5.74, 6) is -1.05. The number of aromatic nitrogens is 4. The SMILES string of the molecule is CN(Cc1ccccc1)c1nc(Cl)nc2c1ncn2[C@@H]1O[C@H](COP(=O)(O)CP(=O)(O)O)[C@@H](O)[C@@H]1F. The minimum atomic E-state index is -4.85. The van der Waals surface area contributed by atoms with E-state index in [2.05, 4.69) is 19.5 Å². The van der Waals surface area contributed by atoms with Gasteiger partial charge in [-0.3, -0.25) is 13.7 Å². The zero-order chi connectivity index (χ0) is 26.3. The van der Waals surface area contributed by atoms with Gasteiger partial charge in [-0.2, -0.15) is 9.97 Å². The van der Waals surface area contributed by atoms with Gasteiger partial charge in [-0.1, -0.05) is 30.3 Å². The largest absolute Gasteiger partial charge is 0.387 e. The number of benzene rings is 1. The van der Waals surface area contributed by atoms with Crippen LogP contribution in [0, 0.1) is 0 Å². The fraction of sp³-hybridized carbons (Fsp3) is 0.421. The molecule has 1 aliphatic rings. The lowest BCUT2D eigenvalue weighted by molar-refractivity contribution is -0.0425. The van der Waals surface area contributed by atoms with Crippen LogP contribution in [0.2, 0.25) is 5.28 Å². The molecule has 2 aromatic heterocycles.